The average molecular weight is 383 g/mol. The molecule has 148 valence electrons. The number of esters is 1. The summed E-state index contributed by atoms with van der Waals surface area (Å²) in [7, 11) is 0. The third-order valence-electron chi connectivity index (χ3n) is 4.12. The highest BCUT2D eigenvalue weighted by molar-refractivity contribution is 5.96. The van der Waals surface area contributed by atoms with Gasteiger partial charge in [0.2, 0.25) is 5.91 Å². The standard InChI is InChI=1S/C22H25NO5/c1-3-20(24)23(22(26)28-16-18-13-9-6-10-14-18)19(21(25)27-4-2)15-17-11-7-5-8-12-17/h5-14,19H,3-4,15-16H2,1-2H3. The number of benzene rings is 2. The van der Waals surface area contributed by atoms with Crippen LogP contribution in [-0.4, -0.2) is 35.5 Å². The SMILES string of the molecule is CCOC(=O)C(Cc1ccccc1)N(C(=O)CC)C(=O)OCc1ccccc1. The van der Waals surface area contributed by atoms with E-state index in [9.17, 15) is 14.4 Å². The van der Waals surface area contributed by atoms with Gasteiger partial charge < -0.3 is 9.47 Å². The lowest BCUT2D eigenvalue weighted by molar-refractivity contribution is -0.153. The first-order valence-electron chi connectivity index (χ1n) is 9.30. The van der Waals surface area contributed by atoms with Crippen LogP contribution in [0.15, 0.2) is 60.7 Å². The molecule has 2 amide bonds. The summed E-state index contributed by atoms with van der Waals surface area (Å²) >= 11 is 0. The molecule has 0 fully saturated rings. The van der Waals surface area contributed by atoms with Crippen LogP contribution < -0.4 is 0 Å². The van der Waals surface area contributed by atoms with E-state index < -0.39 is 24.0 Å². The largest absolute Gasteiger partial charge is 0.464 e. The van der Waals surface area contributed by atoms with Crippen LogP contribution in [0.2, 0.25) is 0 Å². The zero-order valence-corrected chi connectivity index (χ0v) is 16.2. The topological polar surface area (TPSA) is 72.9 Å². The Balaban J connectivity index is 2.24. The van der Waals surface area contributed by atoms with Crippen LogP contribution in [-0.2, 0) is 32.1 Å². The van der Waals surface area contributed by atoms with Gasteiger partial charge in [-0.2, -0.15) is 0 Å². The molecule has 0 aliphatic rings. The van der Waals surface area contributed by atoms with Crippen molar-refractivity contribution >= 4 is 18.0 Å². The minimum Gasteiger partial charge on any atom is -0.464 e. The number of hydrogen-bond acceptors (Lipinski definition) is 5. The van der Waals surface area contributed by atoms with Gasteiger partial charge in [0.15, 0.2) is 0 Å². The van der Waals surface area contributed by atoms with Crippen molar-refractivity contribution < 1.29 is 23.9 Å². The van der Waals surface area contributed by atoms with E-state index in [1.165, 1.54) is 0 Å². The third-order valence-corrected chi connectivity index (χ3v) is 4.12. The molecular formula is C22H25NO5. The van der Waals surface area contributed by atoms with Gasteiger partial charge in [-0.1, -0.05) is 67.6 Å². The van der Waals surface area contributed by atoms with Crippen LogP contribution in [0.25, 0.3) is 0 Å². The average Bonchev–Trinajstić information content (AvgIpc) is 2.73. The maximum Gasteiger partial charge on any atom is 0.417 e. The van der Waals surface area contributed by atoms with Crippen molar-refractivity contribution in [2.75, 3.05) is 6.61 Å². The van der Waals surface area contributed by atoms with E-state index in [1.54, 1.807) is 13.8 Å². The lowest BCUT2D eigenvalue weighted by Crippen LogP contribution is -2.50. The van der Waals surface area contributed by atoms with Crippen molar-refractivity contribution in [3.8, 4) is 0 Å². The van der Waals surface area contributed by atoms with Gasteiger partial charge in [0.05, 0.1) is 6.61 Å². The molecule has 0 aliphatic heterocycles. The number of nitrogens with zero attached hydrogens (tertiary/aromatic N) is 1. The van der Waals surface area contributed by atoms with Crippen molar-refractivity contribution in [3.05, 3.63) is 71.8 Å². The number of ether oxygens (including phenoxy) is 2. The number of imide groups is 1. The molecule has 2 rings (SSSR count). The number of amides is 2. The first kappa shape index (κ1) is 21.2. The number of carbonyl (C=O) groups excluding carboxylic acids is 3. The molecule has 0 saturated carbocycles. The second-order valence-electron chi connectivity index (χ2n) is 6.12. The van der Waals surface area contributed by atoms with Gasteiger partial charge >= 0.3 is 12.1 Å². The van der Waals surface area contributed by atoms with Crippen molar-refractivity contribution in [1.82, 2.24) is 4.90 Å². The van der Waals surface area contributed by atoms with Crippen LogP contribution in [0.3, 0.4) is 0 Å². The molecule has 6 nitrogen and oxygen atoms in total. The van der Waals surface area contributed by atoms with E-state index in [0.29, 0.717) is 0 Å². The summed E-state index contributed by atoms with van der Waals surface area (Å²) in [5, 5.41) is 0. The molecule has 1 atom stereocenters. The molecule has 0 saturated heterocycles. The van der Waals surface area contributed by atoms with E-state index in [-0.39, 0.29) is 26.1 Å². The van der Waals surface area contributed by atoms with E-state index in [4.69, 9.17) is 9.47 Å². The maximum atomic E-state index is 12.7. The number of rotatable bonds is 8. The van der Waals surface area contributed by atoms with Crippen LogP contribution in [0.1, 0.15) is 31.4 Å². The molecule has 0 aliphatic carbocycles. The highest BCUT2D eigenvalue weighted by atomic mass is 16.6. The lowest BCUT2D eigenvalue weighted by Gasteiger charge is -2.27. The van der Waals surface area contributed by atoms with Crippen molar-refractivity contribution in [2.24, 2.45) is 0 Å². The zero-order valence-electron chi connectivity index (χ0n) is 16.2. The highest BCUT2D eigenvalue weighted by Gasteiger charge is 2.36. The van der Waals surface area contributed by atoms with Gasteiger partial charge in [-0.05, 0) is 18.1 Å². The van der Waals surface area contributed by atoms with Crippen LogP contribution in [0, 0.1) is 0 Å². The molecular weight excluding hydrogens is 358 g/mol. The Labute approximate surface area is 165 Å². The summed E-state index contributed by atoms with van der Waals surface area (Å²) in [6.07, 6.45) is -0.638. The summed E-state index contributed by atoms with van der Waals surface area (Å²) in [4.78, 5) is 38.7. The summed E-state index contributed by atoms with van der Waals surface area (Å²) in [5.41, 5.74) is 1.60. The Morgan fingerprint density at radius 2 is 1.43 bits per heavy atom. The Morgan fingerprint density at radius 1 is 0.857 bits per heavy atom. The Kier molecular flexibility index (Phi) is 8.21. The van der Waals surface area contributed by atoms with E-state index in [1.807, 2.05) is 60.7 Å². The Bertz CT molecular complexity index is 776. The van der Waals surface area contributed by atoms with Crippen molar-refractivity contribution in [2.45, 2.75) is 39.3 Å². The Hall–Kier alpha value is -3.15. The third kappa shape index (κ3) is 5.94. The lowest BCUT2D eigenvalue weighted by atomic mass is 10.0. The predicted molar refractivity (Wildman–Crippen MR) is 104 cm³/mol. The minimum absolute atomic E-state index is 0.00799. The van der Waals surface area contributed by atoms with Gasteiger partial charge in [0, 0.05) is 12.8 Å². The molecule has 0 radical (unpaired) electrons. The molecule has 6 heteroatoms. The zero-order chi connectivity index (χ0) is 20.4. The van der Waals surface area contributed by atoms with E-state index in [2.05, 4.69) is 0 Å². The summed E-state index contributed by atoms with van der Waals surface area (Å²) in [6, 6.07) is 17.2. The summed E-state index contributed by atoms with van der Waals surface area (Å²) in [5.74, 6) is -1.13. The van der Waals surface area contributed by atoms with E-state index >= 15 is 0 Å². The van der Waals surface area contributed by atoms with Crippen LogP contribution in [0.5, 0.6) is 0 Å². The van der Waals surface area contributed by atoms with Crippen LogP contribution in [0.4, 0.5) is 4.79 Å². The molecule has 0 heterocycles. The van der Waals surface area contributed by atoms with Crippen molar-refractivity contribution in [1.29, 1.82) is 0 Å². The fraction of sp³-hybridized carbons (Fsp3) is 0.318. The minimum atomic E-state index is -1.09. The molecule has 28 heavy (non-hydrogen) atoms. The fourth-order valence-corrected chi connectivity index (χ4v) is 2.72. The van der Waals surface area contributed by atoms with Gasteiger partial charge in [0.1, 0.15) is 12.6 Å². The molecule has 2 aromatic rings. The predicted octanol–water partition coefficient (Wildman–Crippen LogP) is 3.74. The van der Waals surface area contributed by atoms with Gasteiger partial charge in [0.25, 0.3) is 0 Å². The summed E-state index contributed by atoms with van der Waals surface area (Å²) < 4.78 is 10.4. The molecule has 0 bridgehead atoms. The maximum absolute atomic E-state index is 12.7. The molecule has 0 aromatic heterocycles. The van der Waals surface area contributed by atoms with Crippen LogP contribution >= 0.6 is 0 Å². The number of hydrogen-bond donors (Lipinski definition) is 0. The summed E-state index contributed by atoms with van der Waals surface area (Å²) in [6.45, 7) is 3.47. The second-order valence-corrected chi connectivity index (χ2v) is 6.12. The van der Waals surface area contributed by atoms with Gasteiger partial charge in [-0.15, -0.1) is 0 Å². The Morgan fingerprint density at radius 3 is 1.96 bits per heavy atom. The van der Waals surface area contributed by atoms with Gasteiger partial charge in [-0.3, -0.25) is 4.79 Å². The molecule has 2 aromatic carbocycles. The molecule has 0 spiro atoms. The van der Waals surface area contributed by atoms with E-state index in [0.717, 1.165) is 16.0 Å². The molecule has 0 N–H and O–H groups in total. The first-order chi connectivity index (χ1) is 13.6. The monoisotopic (exact) mass is 383 g/mol. The fourth-order valence-electron chi connectivity index (χ4n) is 2.72. The highest BCUT2D eigenvalue weighted by Crippen LogP contribution is 2.15. The quantitative estimate of drug-likeness (QED) is 0.650. The normalized spacial score (nSPS) is 11.4. The smallest absolute Gasteiger partial charge is 0.417 e. The van der Waals surface area contributed by atoms with Gasteiger partial charge in [-0.25, -0.2) is 14.5 Å². The first-order valence-corrected chi connectivity index (χ1v) is 9.30. The molecule has 1 unspecified atom stereocenters. The number of carbonyl (C=O) groups is 3. The van der Waals surface area contributed by atoms with Crippen molar-refractivity contribution in [3.63, 3.8) is 0 Å². The second kappa shape index (κ2) is 10.9.